The fourth-order valence-electron chi connectivity index (χ4n) is 2.63. The van der Waals surface area contributed by atoms with Crippen LogP contribution in [0.2, 0.25) is 0 Å². The Balaban J connectivity index is 2.64. The normalized spacial score (nSPS) is 22.8. The predicted octanol–water partition coefficient (Wildman–Crippen LogP) is 0.325. The zero-order valence-corrected chi connectivity index (χ0v) is 12.8. The molecule has 0 spiro atoms. The summed E-state index contributed by atoms with van der Waals surface area (Å²) in [6.07, 6.45) is 3.19. The Labute approximate surface area is 124 Å². The number of hydrogen-bond acceptors (Lipinski definition) is 4. The van der Waals surface area contributed by atoms with E-state index in [9.17, 15) is 23.1 Å². The molecule has 0 aromatic rings. The lowest BCUT2D eigenvalue weighted by Gasteiger charge is -2.39. The molecule has 0 unspecified atom stereocenters. The number of aliphatic carboxylic acids is 1. The summed E-state index contributed by atoms with van der Waals surface area (Å²) in [6.45, 7) is 4.22. The lowest BCUT2D eigenvalue weighted by atomic mass is 9.77. The topological polar surface area (TPSA) is 118 Å². The van der Waals surface area contributed by atoms with Gasteiger partial charge in [0.2, 0.25) is 15.9 Å². The highest BCUT2D eigenvalue weighted by atomic mass is 32.2. The lowest BCUT2D eigenvalue weighted by Crippen LogP contribution is -2.49. The monoisotopic (exact) mass is 318 g/mol. The minimum Gasteiger partial charge on any atom is -0.481 e. The summed E-state index contributed by atoms with van der Waals surface area (Å²) in [4.78, 5) is 25.1. The summed E-state index contributed by atoms with van der Waals surface area (Å²) < 4.78 is 21.7. The Kier molecular flexibility index (Phi) is 5.91. The van der Waals surface area contributed by atoms with Crippen molar-refractivity contribution in [1.82, 2.24) is 4.90 Å². The number of amides is 1. The molecule has 0 aromatic carbocycles. The van der Waals surface area contributed by atoms with E-state index < -0.39 is 21.4 Å². The molecular weight excluding hydrogens is 296 g/mol. The molecule has 1 aliphatic heterocycles. The molecule has 0 radical (unpaired) electrons. The van der Waals surface area contributed by atoms with Gasteiger partial charge in [-0.25, -0.2) is 13.6 Å². The predicted molar refractivity (Wildman–Crippen MR) is 77.9 cm³/mol. The molecule has 1 atom stereocenters. The molecule has 120 valence electrons. The first-order chi connectivity index (χ1) is 9.70. The number of allylic oxidation sites excluding steroid dienone is 1. The number of carbonyl (C=O) groups is 2. The van der Waals surface area contributed by atoms with Crippen molar-refractivity contribution in [3.8, 4) is 0 Å². The molecular formula is C13H22N2O5S. The number of hydrogen-bond donors (Lipinski definition) is 2. The van der Waals surface area contributed by atoms with Gasteiger partial charge in [0.25, 0.3) is 0 Å². The number of carboxylic acids is 1. The van der Waals surface area contributed by atoms with E-state index in [0.717, 1.165) is 0 Å². The Bertz CT molecular complexity index is 517. The molecule has 21 heavy (non-hydrogen) atoms. The van der Waals surface area contributed by atoms with E-state index in [0.29, 0.717) is 25.8 Å². The standard InChI is InChI=1S/C13H22N2O5S/c1-2-6-13(12(17)18)7-4-8-15(10-13)11(16)5-3-9-21(14,19)20/h2H,1,3-10H2,(H,17,18)(H2,14,19,20)/t13-/m0/s1. The van der Waals surface area contributed by atoms with Crippen LogP contribution in [0.25, 0.3) is 0 Å². The van der Waals surface area contributed by atoms with Crippen LogP contribution in [0.15, 0.2) is 12.7 Å². The van der Waals surface area contributed by atoms with E-state index >= 15 is 0 Å². The van der Waals surface area contributed by atoms with Crippen LogP contribution in [-0.2, 0) is 19.6 Å². The first-order valence-corrected chi connectivity index (χ1v) is 8.54. The van der Waals surface area contributed by atoms with Gasteiger partial charge in [-0.15, -0.1) is 6.58 Å². The number of likely N-dealkylation sites (tertiary alicyclic amines) is 1. The van der Waals surface area contributed by atoms with Gasteiger partial charge < -0.3 is 10.0 Å². The highest BCUT2D eigenvalue weighted by Gasteiger charge is 2.42. The number of piperidine rings is 1. The fourth-order valence-corrected chi connectivity index (χ4v) is 3.18. The summed E-state index contributed by atoms with van der Waals surface area (Å²) in [6, 6.07) is 0. The molecule has 1 heterocycles. The summed E-state index contributed by atoms with van der Waals surface area (Å²) in [5.41, 5.74) is -0.977. The number of nitrogens with zero attached hydrogens (tertiary/aromatic N) is 1. The van der Waals surface area contributed by atoms with Crippen LogP contribution < -0.4 is 5.14 Å². The summed E-state index contributed by atoms with van der Waals surface area (Å²) in [7, 11) is -3.57. The van der Waals surface area contributed by atoms with Crippen LogP contribution in [0.4, 0.5) is 0 Å². The highest BCUT2D eigenvalue weighted by Crippen LogP contribution is 2.34. The minimum atomic E-state index is -3.57. The second-order valence-corrected chi connectivity index (χ2v) is 7.20. The van der Waals surface area contributed by atoms with Crippen molar-refractivity contribution in [2.24, 2.45) is 10.6 Å². The summed E-state index contributed by atoms with van der Waals surface area (Å²) in [5.74, 6) is -1.40. The summed E-state index contributed by atoms with van der Waals surface area (Å²) in [5, 5.41) is 14.3. The fraction of sp³-hybridized carbons (Fsp3) is 0.692. The van der Waals surface area contributed by atoms with E-state index in [1.807, 2.05) is 0 Å². The van der Waals surface area contributed by atoms with Gasteiger partial charge in [-0.2, -0.15) is 0 Å². The van der Waals surface area contributed by atoms with Crippen molar-refractivity contribution in [3.05, 3.63) is 12.7 Å². The molecule has 1 rings (SSSR count). The van der Waals surface area contributed by atoms with Crippen LogP contribution in [0, 0.1) is 5.41 Å². The van der Waals surface area contributed by atoms with Gasteiger partial charge in [0, 0.05) is 19.5 Å². The zero-order valence-electron chi connectivity index (χ0n) is 12.0. The first kappa shape index (κ1) is 17.6. The van der Waals surface area contributed by atoms with E-state index in [2.05, 4.69) is 6.58 Å². The van der Waals surface area contributed by atoms with Crippen LogP contribution in [-0.4, -0.2) is 49.1 Å². The maximum atomic E-state index is 12.1. The van der Waals surface area contributed by atoms with Gasteiger partial charge in [-0.1, -0.05) is 6.08 Å². The average Bonchev–Trinajstić information content (AvgIpc) is 2.37. The molecule has 8 heteroatoms. The van der Waals surface area contributed by atoms with Crippen LogP contribution in [0.5, 0.6) is 0 Å². The van der Waals surface area contributed by atoms with Gasteiger partial charge in [0.15, 0.2) is 0 Å². The number of primary sulfonamides is 1. The Morgan fingerprint density at radius 3 is 2.62 bits per heavy atom. The molecule has 1 aliphatic rings. The SMILES string of the molecule is C=CC[C@]1(C(=O)O)CCCN(C(=O)CCCS(N)(=O)=O)C1. The van der Waals surface area contributed by atoms with Crippen molar-refractivity contribution in [1.29, 1.82) is 0 Å². The molecule has 1 amide bonds. The van der Waals surface area contributed by atoms with Crippen molar-refractivity contribution < 1.29 is 23.1 Å². The smallest absolute Gasteiger partial charge is 0.311 e. The maximum absolute atomic E-state index is 12.1. The third-order valence-electron chi connectivity index (χ3n) is 3.74. The van der Waals surface area contributed by atoms with Crippen molar-refractivity contribution >= 4 is 21.9 Å². The van der Waals surface area contributed by atoms with Crippen molar-refractivity contribution in [3.63, 3.8) is 0 Å². The van der Waals surface area contributed by atoms with Crippen LogP contribution in [0.3, 0.4) is 0 Å². The quantitative estimate of drug-likeness (QED) is 0.656. The average molecular weight is 318 g/mol. The molecule has 1 saturated heterocycles. The van der Waals surface area contributed by atoms with E-state index in [-0.39, 0.29) is 31.0 Å². The molecule has 0 aliphatic carbocycles. The molecule has 1 fully saturated rings. The van der Waals surface area contributed by atoms with Gasteiger partial charge in [0.1, 0.15) is 0 Å². The van der Waals surface area contributed by atoms with Crippen molar-refractivity contribution in [2.45, 2.75) is 32.1 Å². The Hall–Kier alpha value is -1.41. The minimum absolute atomic E-state index is 0.0558. The van der Waals surface area contributed by atoms with E-state index in [1.54, 1.807) is 6.08 Å². The number of carbonyl (C=O) groups excluding carboxylic acids is 1. The van der Waals surface area contributed by atoms with Gasteiger partial charge >= 0.3 is 5.97 Å². The number of nitrogens with two attached hydrogens (primary N) is 1. The zero-order chi connectivity index (χ0) is 16.1. The largest absolute Gasteiger partial charge is 0.481 e. The molecule has 3 N–H and O–H groups in total. The number of rotatable bonds is 7. The highest BCUT2D eigenvalue weighted by molar-refractivity contribution is 7.89. The molecule has 0 saturated carbocycles. The second-order valence-electron chi connectivity index (χ2n) is 5.47. The van der Waals surface area contributed by atoms with Gasteiger partial charge in [-0.3, -0.25) is 9.59 Å². The van der Waals surface area contributed by atoms with E-state index in [4.69, 9.17) is 5.14 Å². The van der Waals surface area contributed by atoms with Gasteiger partial charge in [-0.05, 0) is 25.7 Å². The summed E-state index contributed by atoms with van der Waals surface area (Å²) >= 11 is 0. The maximum Gasteiger partial charge on any atom is 0.311 e. The third-order valence-corrected chi connectivity index (χ3v) is 4.60. The van der Waals surface area contributed by atoms with Crippen molar-refractivity contribution in [2.75, 3.05) is 18.8 Å². The second kappa shape index (κ2) is 7.04. The van der Waals surface area contributed by atoms with Crippen LogP contribution in [0.1, 0.15) is 32.1 Å². The Morgan fingerprint density at radius 2 is 2.10 bits per heavy atom. The first-order valence-electron chi connectivity index (χ1n) is 6.83. The molecule has 0 bridgehead atoms. The van der Waals surface area contributed by atoms with E-state index in [1.165, 1.54) is 4.90 Å². The third kappa shape index (κ3) is 5.13. The number of carboxylic acid groups (broad SMARTS) is 1. The molecule has 7 nitrogen and oxygen atoms in total. The Morgan fingerprint density at radius 1 is 1.43 bits per heavy atom. The number of sulfonamides is 1. The van der Waals surface area contributed by atoms with Crippen LogP contribution >= 0.6 is 0 Å². The lowest BCUT2D eigenvalue weighted by molar-refractivity contribution is -0.154. The van der Waals surface area contributed by atoms with Gasteiger partial charge in [0.05, 0.1) is 11.2 Å². The molecule has 0 aromatic heterocycles.